The SMILES string of the molecule is Cn1cc(Cl)c2sc(NC(=O)C3CCN(C(=O)OC(C)(C)C)CC3)cc2c1=O. The van der Waals surface area contributed by atoms with E-state index in [9.17, 15) is 14.4 Å². The second kappa shape index (κ2) is 7.75. The molecule has 1 aliphatic heterocycles. The van der Waals surface area contributed by atoms with Crippen LogP contribution in [-0.4, -0.2) is 40.2 Å². The zero-order valence-corrected chi connectivity index (χ0v) is 17.9. The minimum Gasteiger partial charge on any atom is -0.444 e. The Morgan fingerprint density at radius 2 is 1.93 bits per heavy atom. The number of hydrogen-bond acceptors (Lipinski definition) is 5. The van der Waals surface area contributed by atoms with Crippen LogP contribution in [0.1, 0.15) is 33.6 Å². The number of likely N-dealkylation sites (tertiary alicyclic amines) is 1. The Bertz CT molecular complexity index is 968. The van der Waals surface area contributed by atoms with Crippen molar-refractivity contribution in [3.05, 3.63) is 27.6 Å². The van der Waals surface area contributed by atoms with E-state index in [0.717, 1.165) is 0 Å². The molecule has 0 saturated carbocycles. The molecule has 1 fully saturated rings. The van der Waals surface area contributed by atoms with Gasteiger partial charge < -0.3 is 19.5 Å². The average Bonchev–Trinajstić information content (AvgIpc) is 3.03. The van der Waals surface area contributed by atoms with Gasteiger partial charge in [0.15, 0.2) is 0 Å². The number of aryl methyl sites for hydroxylation is 1. The number of thiophene rings is 1. The van der Waals surface area contributed by atoms with Gasteiger partial charge in [-0.3, -0.25) is 9.59 Å². The van der Waals surface area contributed by atoms with Gasteiger partial charge in [0.2, 0.25) is 5.91 Å². The molecule has 9 heteroatoms. The zero-order valence-electron chi connectivity index (χ0n) is 16.4. The maximum Gasteiger partial charge on any atom is 0.410 e. The van der Waals surface area contributed by atoms with Crippen molar-refractivity contribution in [3.63, 3.8) is 0 Å². The van der Waals surface area contributed by atoms with Crippen LogP contribution in [0.2, 0.25) is 5.02 Å². The molecule has 152 valence electrons. The van der Waals surface area contributed by atoms with Crippen LogP contribution in [-0.2, 0) is 16.6 Å². The molecule has 2 aromatic heterocycles. The number of aromatic nitrogens is 1. The Balaban J connectivity index is 1.63. The molecule has 3 rings (SSSR count). The molecule has 7 nitrogen and oxygen atoms in total. The number of fused-ring (bicyclic) bond motifs is 1. The van der Waals surface area contributed by atoms with Crippen molar-refractivity contribution in [1.82, 2.24) is 9.47 Å². The number of nitrogens with one attached hydrogen (secondary N) is 1. The lowest BCUT2D eigenvalue weighted by Crippen LogP contribution is -2.43. The molecule has 2 amide bonds. The zero-order chi connectivity index (χ0) is 20.6. The fraction of sp³-hybridized carbons (Fsp3) is 0.526. The third-order valence-corrected chi connectivity index (χ3v) is 6.05. The normalized spacial score (nSPS) is 15.7. The van der Waals surface area contributed by atoms with E-state index in [1.165, 1.54) is 15.9 Å². The predicted molar refractivity (Wildman–Crippen MR) is 111 cm³/mol. The smallest absolute Gasteiger partial charge is 0.410 e. The summed E-state index contributed by atoms with van der Waals surface area (Å²) < 4.78 is 7.47. The van der Waals surface area contributed by atoms with Crippen molar-refractivity contribution in [2.75, 3.05) is 18.4 Å². The summed E-state index contributed by atoms with van der Waals surface area (Å²) in [5.41, 5.74) is -0.688. The number of amides is 2. The van der Waals surface area contributed by atoms with E-state index < -0.39 is 5.60 Å². The molecule has 0 bridgehead atoms. The van der Waals surface area contributed by atoms with Gasteiger partial charge >= 0.3 is 6.09 Å². The Morgan fingerprint density at radius 1 is 1.29 bits per heavy atom. The highest BCUT2D eigenvalue weighted by Gasteiger charge is 2.30. The third-order valence-electron chi connectivity index (χ3n) is 4.57. The van der Waals surface area contributed by atoms with Crippen molar-refractivity contribution in [3.8, 4) is 0 Å². The lowest BCUT2D eigenvalue weighted by molar-refractivity contribution is -0.121. The second-order valence-electron chi connectivity index (χ2n) is 7.98. The van der Waals surface area contributed by atoms with E-state index in [1.807, 2.05) is 20.8 Å². The van der Waals surface area contributed by atoms with E-state index >= 15 is 0 Å². The maximum absolute atomic E-state index is 12.6. The minimum absolute atomic E-state index is 0.108. The van der Waals surface area contributed by atoms with Crippen molar-refractivity contribution in [1.29, 1.82) is 0 Å². The fourth-order valence-electron chi connectivity index (χ4n) is 3.14. The number of carbonyl (C=O) groups is 2. The first-order valence-electron chi connectivity index (χ1n) is 9.12. The van der Waals surface area contributed by atoms with Gasteiger partial charge in [-0.15, -0.1) is 11.3 Å². The summed E-state index contributed by atoms with van der Waals surface area (Å²) in [6, 6.07) is 1.67. The van der Waals surface area contributed by atoms with Crippen LogP contribution in [0.15, 0.2) is 17.1 Å². The lowest BCUT2D eigenvalue weighted by atomic mass is 9.96. The number of pyridine rings is 1. The highest BCUT2D eigenvalue weighted by atomic mass is 35.5. The van der Waals surface area contributed by atoms with Crippen molar-refractivity contribution in [2.24, 2.45) is 13.0 Å². The molecular formula is C19H24ClN3O4S. The Hall–Kier alpha value is -2.06. The summed E-state index contributed by atoms with van der Waals surface area (Å²) in [6.45, 7) is 6.44. The number of hydrogen-bond donors (Lipinski definition) is 1. The molecule has 3 heterocycles. The first-order valence-corrected chi connectivity index (χ1v) is 10.3. The molecule has 0 spiro atoms. The summed E-state index contributed by atoms with van der Waals surface area (Å²) in [7, 11) is 1.64. The summed E-state index contributed by atoms with van der Waals surface area (Å²) in [5.74, 6) is -0.300. The molecule has 28 heavy (non-hydrogen) atoms. The van der Waals surface area contributed by atoms with Crippen LogP contribution >= 0.6 is 22.9 Å². The van der Waals surface area contributed by atoms with E-state index in [2.05, 4.69) is 5.32 Å². The summed E-state index contributed by atoms with van der Waals surface area (Å²) in [5, 5.41) is 4.47. The van der Waals surface area contributed by atoms with Crippen molar-refractivity contribution in [2.45, 2.75) is 39.2 Å². The van der Waals surface area contributed by atoms with Crippen LogP contribution in [0.3, 0.4) is 0 Å². The number of rotatable bonds is 2. The number of piperidine rings is 1. The standard InChI is InChI=1S/C19H24ClN3O4S/c1-19(2,3)27-18(26)23-7-5-11(6-8-23)16(24)21-14-9-12-15(28-14)13(20)10-22(4)17(12)25/h9-11H,5-8H2,1-4H3,(H,21,24). The molecule has 2 aromatic rings. The Morgan fingerprint density at radius 3 is 2.54 bits per heavy atom. The van der Waals surface area contributed by atoms with Gasteiger partial charge in [0.25, 0.3) is 5.56 Å². The van der Waals surface area contributed by atoms with Gasteiger partial charge in [-0.05, 0) is 39.7 Å². The average molecular weight is 426 g/mol. The highest BCUT2D eigenvalue weighted by molar-refractivity contribution is 7.23. The third kappa shape index (κ3) is 4.50. The number of carbonyl (C=O) groups excluding carboxylic acids is 2. The van der Waals surface area contributed by atoms with E-state index in [0.29, 0.717) is 46.0 Å². The molecule has 0 aromatic carbocycles. The molecule has 0 radical (unpaired) electrons. The number of halogens is 1. The Labute approximate surface area is 172 Å². The molecular weight excluding hydrogens is 402 g/mol. The molecule has 1 aliphatic rings. The Kier molecular flexibility index (Phi) is 5.72. The molecule has 0 aliphatic carbocycles. The predicted octanol–water partition coefficient (Wildman–Crippen LogP) is 3.84. The van der Waals surface area contributed by atoms with Gasteiger partial charge in [-0.1, -0.05) is 11.6 Å². The van der Waals surface area contributed by atoms with Gasteiger partial charge in [-0.25, -0.2) is 4.79 Å². The van der Waals surface area contributed by atoms with Crippen molar-refractivity contribution < 1.29 is 14.3 Å². The quantitative estimate of drug-likeness (QED) is 0.792. The topological polar surface area (TPSA) is 80.6 Å². The van der Waals surface area contributed by atoms with Gasteiger partial charge in [0.1, 0.15) is 5.60 Å². The largest absolute Gasteiger partial charge is 0.444 e. The van der Waals surface area contributed by atoms with Gasteiger partial charge in [-0.2, -0.15) is 0 Å². The summed E-state index contributed by atoms with van der Waals surface area (Å²) in [4.78, 5) is 38.6. The monoisotopic (exact) mass is 425 g/mol. The fourth-order valence-corrected chi connectivity index (χ4v) is 4.46. The van der Waals surface area contributed by atoms with Gasteiger partial charge in [0, 0.05) is 32.3 Å². The lowest BCUT2D eigenvalue weighted by Gasteiger charge is -2.32. The van der Waals surface area contributed by atoms with E-state index in [1.54, 1.807) is 24.2 Å². The van der Waals surface area contributed by atoms with Crippen LogP contribution in [0.5, 0.6) is 0 Å². The van der Waals surface area contributed by atoms with Crippen LogP contribution in [0, 0.1) is 5.92 Å². The summed E-state index contributed by atoms with van der Waals surface area (Å²) >= 11 is 7.50. The number of nitrogens with zero attached hydrogens (tertiary/aromatic N) is 2. The first-order chi connectivity index (χ1) is 13.0. The number of anilines is 1. The first kappa shape index (κ1) is 20.7. The maximum atomic E-state index is 12.6. The molecule has 1 saturated heterocycles. The molecule has 0 unspecified atom stereocenters. The van der Waals surface area contributed by atoms with Crippen molar-refractivity contribution >= 4 is 50.0 Å². The van der Waals surface area contributed by atoms with E-state index in [4.69, 9.17) is 16.3 Å². The van der Waals surface area contributed by atoms with Crippen LogP contribution < -0.4 is 10.9 Å². The second-order valence-corrected chi connectivity index (χ2v) is 9.44. The molecule has 1 N–H and O–H groups in total. The summed E-state index contributed by atoms with van der Waals surface area (Å²) in [6.07, 6.45) is 2.36. The van der Waals surface area contributed by atoms with Crippen LogP contribution in [0.4, 0.5) is 9.80 Å². The van der Waals surface area contributed by atoms with Gasteiger partial charge in [0.05, 0.1) is 20.1 Å². The van der Waals surface area contributed by atoms with Crippen LogP contribution in [0.25, 0.3) is 10.1 Å². The molecule has 0 atom stereocenters. The number of ether oxygens (including phenoxy) is 1. The van der Waals surface area contributed by atoms with E-state index in [-0.39, 0.29) is 23.5 Å². The minimum atomic E-state index is -0.537. The highest BCUT2D eigenvalue weighted by Crippen LogP contribution is 2.33.